The van der Waals surface area contributed by atoms with Gasteiger partial charge in [0, 0.05) is 16.9 Å². The van der Waals surface area contributed by atoms with Crippen LogP contribution in [0.4, 0.5) is 9.39 Å². The molecule has 158 valence electrons. The highest BCUT2D eigenvalue weighted by Crippen LogP contribution is 2.36. The molecule has 0 radical (unpaired) electrons. The fourth-order valence-corrected chi connectivity index (χ4v) is 4.37. The van der Waals surface area contributed by atoms with Gasteiger partial charge in [-0.25, -0.2) is 14.0 Å². The zero-order chi connectivity index (χ0) is 21.7. The van der Waals surface area contributed by atoms with E-state index in [9.17, 15) is 14.0 Å². The third-order valence-corrected chi connectivity index (χ3v) is 5.70. The van der Waals surface area contributed by atoms with Gasteiger partial charge in [-0.3, -0.25) is 0 Å². The Labute approximate surface area is 179 Å². The summed E-state index contributed by atoms with van der Waals surface area (Å²) in [7, 11) is 0. The van der Waals surface area contributed by atoms with Gasteiger partial charge >= 0.3 is 11.9 Å². The molecule has 2 heterocycles. The Kier molecular flexibility index (Phi) is 7.06. The van der Waals surface area contributed by atoms with Crippen LogP contribution in [-0.4, -0.2) is 35.3 Å². The van der Waals surface area contributed by atoms with E-state index in [1.54, 1.807) is 13.8 Å². The fourth-order valence-electron chi connectivity index (χ4n) is 2.52. The van der Waals surface area contributed by atoms with Crippen molar-refractivity contribution in [1.29, 1.82) is 0 Å². The van der Waals surface area contributed by atoms with Gasteiger partial charge in [-0.05, 0) is 38.1 Å². The van der Waals surface area contributed by atoms with Crippen molar-refractivity contribution in [3.63, 3.8) is 0 Å². The second kappa shape index (κ2) is 9.72. The van der Waals surface area contributed by atoms with Crippen LogP contribution in [0.3, 0.4) is 0 Å². The second-order valence-electron chi connectivity index (χ2n) is 5.76. The van der Waals surface area contributed by atoms with Gasteiger partial charge < -0.3 is 19.6 Å². The van der Waals surface area contributed by atoms with Crippen LogP contribution in [-0.2, 0) is 15.2 Å². The average Bonchev–Trinajstić information content (AvgIpc) is 3.31. The molecule has 30 heavy (non-hydrogen) atoms. The topological polar surface area (TPSA) is 118 Å². The van der Waals surface area contributed by atoms with E-state index in [-0.39, 0.29) is 51.3 Å². The summed E-state index contributed by atoms with van der Waals surface area (Å²) in [5.74, 6) is -1.19. The molecule has 8 nitrogen and oxygen atoms in total. The minimum Gasteiger partial charge on any atom is -0.462 e. The highest BCUT2D eigenvalue weighted by atomic mass is 32.2. The van der Waals surface area contributed by atoms with Crippen LogP contribution < -0.4 is 5.73 Å². The Balaban J connectivity index is 1.85. The minimum absolute atomic E-state index is 0.135. The number of nitrogens with zero attached hydrogens (tertiary/aromatic N) is 2. The third-order valence-electron chi connectivity index (χ3n) is 3.81. The first-order valence-electron chi connectivity index (χ1n) is 8.92. The maximum Gasteiger partial charge on any atom is 0.348 e. The van der Waals surface area contributed by atoms with E-state index in [0.717, 1.165) is 23.1 Å². The van der Waals surface area contributed by atoms with E-state index >= 15 is 0 Å². The van der Waals surface area contributed by atoms with Crippen LogP contribution in [0.25, 0.3) is 11.5 Å². The molecule has 0 saturated heterocycles. The van der Waals surface area contributed by atoms with E-state index in [1.807, 2.05) is 0 Å². The van der Waals surface area contributed by atoms with Crippen molar-refractivity contribution in [2.45, 2.75) is 24.8 Å². The van der Waals surface area contributed by atoms with Crippen LogP contribution >= 0.6 is 23.1 Å². The number of ether oxygens (including phenoxy) is 2. The number of aromatic nitrogens is 2. The number of hydrogen-bond acceptors (Lipinski definition) is 10. The first kappa shape index (κ1) is 21.8. The number of carbonyl (C=O) groups excluding carboxylic acids is 2. The maximum absolute atomic E-state index is 13.1. The number of carbonyl (C=O) groups is 2. The Bertz CT molecular complexity index is 1050. The molecule has 2 aromatic heterocycles. The van der Waals surface area contributed by atoms with Crippen molar-refractivity contribution in [2.75, 3.05) is 18.9 Å². The predicted molar refractivity (Wildman–Crippen MR) is 110 cm³/mol. The van der Waals surface area contributed by atoms with E-state index in [0.29, 0.717) is 11.1 Å². The summed E-state index contributed by atoms with van der Waals surface area (Å²) >= 11 is 2.09. The first-order valence-corrected chi connectivity index (χ1v) is 10.7. The molecule has 0 unspecified atom stereocenters. The van der Waals surface area contributed by atoms with Crippen molar-refractivity contribution in [3.8, 4) is 11.5 Å². The molecule has 0 spiro atoms. The Morgan fingerprint density at radius 3 is 2.47 bits per heavy atom. The van der Waals surface area contributed by atoms with E-state index in [4.69, 9.17) is 19.6 Å². The van der Waals surface area contributed by atoms with Crippen molar-refractivity contribution < 1.29 is 27.9 Å². The summed E-state index contributed by atoms with van der Waals surface area (Å²) in [5, 5.41) is 8.28. The van der Waals surface area contributed by atoms with Gasteiger partial charge in [0.05, 0.1) is 18.8 Å². The van der Waals surface area contributed by atoms with Crippen LogP contribution in [0.1, 0.15) is 39.4 Å². The molecular weight excluding hydrogens is 433 g/mol. The lowest BCUT2D eigenvalue weighted by atomic mass is 10.1. The predicted octanol–water partition coefficient (Wildman–Crippen LogP) is 4.17. The lowest BCUT2D eigenvalue weighted by Crippen LogP contribution is -2.11. The van der Waals surface area contributed by atoms with Gasteiger partial charge in [0.2, 0.25) is 5.89 Å². The summed E-state index contributed by atoms with van der Waals surface area (Å²) in [6.07, 6.45) is 0. The van der Waals surface area contributed by atoms with Gasteiger partial charge in [-0.15, -0.1) is 21.5 Å². The van der Waals surface area contributed by atoms with Gasteiger partial charge in [0.15, 0.2) is 0 Å². The van der Waals surface area contributed by atoms with Crippen LogP contribution in [0.2, 0.25) is 0 Å². The number of thioether (sulfide) groups is 1. The highest BCUT2D eigenvalue weighted by Gasteiger charge is 2.28. The van der Waals surface area contributed by atoms with Crippen molar-refractivity contribution in [2.24, 2.45) is 0 Å². The van der Waals surface area contributed by atoms with Gasteiger partial charge in [-0.2, -0.15) is 0 Å². The summed E-state index contributed by atoms with van der Waals surface area (Å²) in [6, 6.07) is 5.62. The van der Waals surface area contributed by atoms with Crippen molar-refractivity contribution >= 4 is 40.0 Å². The highest BCUT2D eigenvalue weighted by molar-refractivity contribution is 7.98. The maximum atomic E-state index is 13.1. The Morgan fingerprint density at radius 1 is 1.13 bits per heavy atom. The zero-order valence-corrected chi connectivity index (χ0v) is 17.8. The summed E-state index contributed by atoms with van der Waals surface area (Å²) in [4.78, 5) is 24.9. The quantitative estimate of drug-likeness (QED) is 0.398. The normalized spacial score (nSPS) is 10.8. The smallest absolute Gasteiger partial charge is 0.348 e. The number of nitrogens with two attached hydrogens (primary N) is 1. The third kappa shape index (κ3) is 4.79. The van der Waals surface area contributed by atoms with Crippen LogP contribution in [0.5, 0.6) is 0 Å². The Hall–Kier alpha value is -2.92. The molecule has 3 rings (SSSR count). The number of anilines is 1. The molecular formula is C19H18FN3O5S2. The number of halogens is 1. The van der Waals surface area contributed by atoms with E-state index in [2.05, 4.69) is 10.2 Å². The molecule has 11 heteroatoms. The molecule has 0 aliphatic rings. The van der Waals surface area contributed by atoms with Gasteiger partial charge in [0.25, 0.3) is 5.22 Å². The van der Waals surface area contributed by atoms with E-state index in [1.165, 1.54) is 24.3 Å². The molecule has 0 atom stereocenters. The van der Waals surface area contributed by atoms with Crippen molar-refractivity contribution in [1.82, 2.24) is 10.2 Å². The zero-order valence-electron chi connectivity index (χ0n) is 16.1. The summed E-state index contributed by atoms with van der Waals surface area (Å²) in [5.41, 5.74) is 7.08. The molecule has 1 aromatic carbocycles. The van der Waals surface area contributed by atoms with Gasteiger partial charge in [-0.1, -0.05) is 11.8 Å². The number of rotatable bonds is 8. The van der Waals surface area contributed by atoms with E-state index < -0.39 is 11.9 Å². The second-order valence-corrected chi connectivity index (χ2v) is 7.74. The SMILES string of the molecule is CCOC(=O)c1sc(N)c(C(=O)OCC)c1CSc1nnc(-c2ccc(F)cc2)o1. The average molecular weight is 452 g/mol. The lowest BCUT2D eigenvalue weighted by Gasteiger charge is -2.06. The largest absolute Gasteiger partial charge is 0.462 e. The number of hydrogen-bond donors (Lipinski definition) is 1. The van der Waals surface area contributed by atoms with Crippen LogP contribution in [0, 0.1) is 5.82 Å². The number of thiophene rings is 1. The molecule has 0 aliphatic carbocycles. The molecule has 0 bridgehead atoms. The standard InChI is InChI=1S/C19H18FN3O5S2/c1-3-26-17(24)13-12(14(30-15(13)21)18(25)27-4-2)9-29-19-23-22-16(28-19)10-5-7-11(20)8-6-10/h5-8H,3-4,9,21H2,1-2H3. The number of nitrogen functional groups attached to an aromatic ring is 1. The van der Waals surface area contributed by atoms with Gasteiger partial charge in [0.1, 0.15) is 15.7 Å². The summed E-state index contributed by atoms with van der Waals surface area (Å²) in [6.45, 7) is 3.71. The molecule has 0 aliphatic heterocycles. The molecule has 0 amide bonds. The monoisotopic (exact) mass is 451 g/mol. The molecule has 0 saturated carbocycles. The first-order chi connectivity index (χ1) is 14.4. The Morgan fingerprint density at radius 2 is 1.80 bits per heavy atom. The fraction of sp³-hybridized carbons (Fsp3) is 0.263. The molecule has 0 fully saturated rings. The van der Waals surface area contributed by atoms with Crippen LogP contribution in [0.15, 0.2) is 33.9 Å². The lowest BCUT2D eigenvalue weighted by molar-refractivity contribution is 0.0527. The molecule has 3 aromatic rings. The number of esters is 2. The summed E-state index contributed by atoms with van der Waals surface area (Å²) < 4.78 is 28.8. The minimum atomic E-state index is -0.616. The number of benzene rings is 1. The van der Waals surface area contributed by atoms with Crippen molar-refractivity contribution in [3.05, 3.63) is 46.1 Å². The molecule has 2 N–H and O–H groups in total.